The molecular weight excluding hydrogens is 615 g/mol. The number of fused-ring (bicyclic) bond motifs is 6. The predicted octanol–water partition coefficient (Wildman–Crippen LogP) is 12.0. The van der Waals surface area contributed by atoms with Gasteiger partial charge in [0.15, 0.2) is 0 Å². The topological polar surface area (TPSA) is 33.6 Å². The van der Waals surface area contributed by atoms with Gasteiger partial charge in [-0.2, -0.15) is 18.4 Å². The van der Waals surface area contributed by atoms with Crippen molar-refractivity contribution in [1.82, 2.24) is 9.13 Å². The molecule has 8 rings (SSSR count). The molecule has 0 radical (unpaired) electrons. The number of halogens is 3. The van der Waals surface area contributed by atoms with E-state index in [0.717, 1.165) is 71.9 Å². The van der Waals surface area contributed by atoms with Gasteiger partial charge in [0.25, 0.3) is 0 Å². The van der Waals surface area contributed by atoms with Gasteiger partial charge in [-0.3, -0.25) is 0 Å². The largest absolute Gasteiger partial charge is 0.417 e. The van der Waals surface area contributed by atoms with Gasteiger partial charge in [0.05, 0.1) is 44.6 Å². The molecule has 0 unspecified atom stereocenters. The molecule has 0 aliphatic carbocycles. The molecule has 2 aromatic heterocycles. The lowest BCUT2D eigenvalue weighted by molar-refractivity contribution is -0.137. The summed E-state index contributed by atoms with van der Waals surface area (Å²) in [7, 11) is 0. The lowest BCUT2D eigenvalue weighted by Gasteiger charge is -2.22. The fourth-order valence-corrected chi connectivity index (χ4v) is 7.52. The maximum atomic E-state index is 14.6. The zero-order chi connectivity index (χ0) is 34.4. The molecule has 0 spiro atoms. The highest BCUT2D eigenvalue weighted by Gasteiger charge is 2.35. The molecule has 3 nitrogen and oxygen atoms in total. The minimum atomic E-state index is -4.59. The molecule has 0 amide bonds. The average molecular weight is 648 g/mol. The SMILES string of the molecule is Cc1ccc2c3ccc(C)cc3n(-c3cc(-c4c(C)cccc4C(F)(F)F)cc(C#N)c3-n3c4cc(C)ccc4c4ccc(C)cc43)c2c1. The van der Waals surface area contributed by atoms with E-state index >= 15 is 0 Å². The Labute approximate surface area is 282 Å². The van der Waals surface area contributed by atoms with Crippen molar-refractivity contribution in [2.24, 2.45) is 0 Å². The summed E-state index contributed by atoms with van der Waals surface area (Å²) in [5, 5.41) is 15.1. The van der Waals surface area contributed by atoms with E-state index in [1.165, 1.54) is 6.07 Å². The Bertz CT molecular complexity index is 2600. The molecule has 0 saturated heterocycles. The second-order valence-electron chi connectivity index (χ2n) is 13.3. The van der Waals surface area contributed by atoms with Crippen molar-refractivity contribution >= 4 is 43.6 Å². The summed E-state index contributed by atoms with van der Waals surface area (Å²) in [5.74, 6) is 0. The van der Waals surface area contributed by atoms with Gasteiger partial charge in [0.1, 0.15) is 6.07 Å². The Kier molecular flexibility index (Phi) is 6.77. The van der Waals surface area contributed by atoms with Crippen molar-refractivity contribution in [2.75, 3.05) is 0 Å². The average Bonchev–Trinajstić information content (AvgIpc) is 3.53. The van der Waals surface area contributed by atoms with E-state index in [2.05, 4.69) is 88.0 Å². The molecular formula is C43H32F3N3. The first kappa shape index (κ1) is 30.5. The van der Waals surface area contributed by atoms with E-state index in [0.29, 0.717) is 22.5 Å². The molecule has 0 saturated carbocycles. The van der Waals surface area contributed by atoms with Crippen LogP contribution in [0.15, 0.2) is 103 Å². The molecule has 6 heteroatoms. The van der Waals surface area contributed by atoms with Crippen LogP contribution in [0.25, 0.3) is 66.1 Å². The molecule has 0 N–H and O–H groups in total. The number of hydrogen-bond donors (Lipinski definition) is 0. The first-order chi connectivity index (χ1) is 23.4. The van der Waals surface area contributed by atoms with Crippen molar-refractivity contribution < 1.29 is 13.2 Å². The molecule has 0 atom stereocenters. The maximum absolute atomic E-state index is 14.6. The number of hydrogen-bond acceptors (Lipinski definition) is 1. The van der Waals surface area contributed by atoms with E-state index in [9.17, 15) is 18.4 Å². The number of aromatic nitrogens is 2. The Morgan fingerprint density at radius 1 is 0.551 bits per heavy atom. The Morgan fingerprint density at radius 2 is 1.00 bits per heavy atom. The van der Waals surface area contributed by atoms with E-state index in [1.54, 1.807) is 19.1 Å². The third kappa shape index (κ3) is 4.72. The van der Waals surface area contributed by atoms with Crippen LogP contribution in [0, 0.1) is 45.9 Å². The normalized spacial score (nSPS) is 12.1. The van der Waals surface area contributed by atoms with E-state index in [-0.39, 0.29) is 11.1 Å². The lowest BCUT2D eigenvalue weighted by atomic mass is 9.92. The van der Waals surface area contributed by atoms with E-state index < -0.39 is 11.7 Å². The van der Waals surface area contributed by atoms with Crippen molar-refractivity contribution in [3.63, 3.8) is 0 Å². The van der Waals surface area contributed by atoms with Gasteiger partial charge in [0.2, 0.25) is 0 Å². The third-order valence-corrected chi connectivity index (χ3v) is 9.70. The Balaban J connectivity index is 1.64. The van der Waals surface area contributed by atoms with Gasteiger partial charge in [-0.15, -0.1) is 0 Å². The monoisotopic (exact) mass is 647 g/mol. The summed E-state index contributed by atoms with van der Waals surface area (Å²) in [5.41, 5.74) is 9.57. The van der Waals surface area contributed by atoms with Crippen LogP contribution < -0.4 is 0 Å². The van der Waals surface area contributed by atoms with Gasteiger partial charge in [0, 0.05) is 21.5 Å². The van der Waals surface area contributed by atoms with Crippen LogP contribution in [-0.2, 0) is 6.18 Å². The summed E-state index contributed by atoms with van der Waals surface area (Å²) in [6.45, 7) is 9.84. The van der Waals surface area contributed by atoms with Gasteiger partial charge in [-0.05, 0) is 116 Å². The summed E-state index contributed by atoms with van der Waals surface area (Å²) >= 11 is 0. The van der Waals surface area contributed by atoms with Crippen molar-refractivity contribution in [2.45, 2.75) is 40.8 Å². The summed E-state index contributed by atoms with van der Waals surface area (Å²) < 4.78 is 48.2. The maximum Gasteiger partial charge on any atom is 0.417 e. The first-order valence-electron chi connectivity index (χ1n) is 16.2. The summed E-state index contributed by atoms with van der Waals surface area (Å²) in [6, 6.07) is 35.3. The first-order valence-corrected chi connectivity index (χ1v) is 16.2. The molecule has 0 aliphatic rings. The smallest absolute Gasteiger partial charge is 0.307 e. The Morgan fingerprint density at radius 3 is 1.43 bits per heavy atom. The van der Waals surface area contributed by atoms with Crippen LogP contribution in [0.2, 0.25) is 0 Å². The molecule has 0 bridgehead atoms. The third-order valence-electron chi connectivity index (χ3n) is 9.70. The number of aryl methyl sites for hydroxylation is 5. The van der Waals surface area contributed by atoms with Crippen molar-refractivity contribution in [3.8, 4) is 28.6 Å². The summed E-state index contributed by atoms with van der Waals surface area (Å²) in [4.78, 5) is 0. The second kappa shape index (κ2) is 10.9. The number of nitrogens with zero attached hydrogens (tertiary/aromatic N) is 3. The zero-order valence-corrected chi connectivity index (χ0v) is 27.8. The van der Waals surface area contributed by atoms with Gasteiger partial charge in [-0.25, -0.2) is 0 Å². The van der Waals surface area contributed by atoms with Crippen LogP contribution in [0.3, 0.4) is 0 Å². The molecule has 240 valence electrons. The molecule has 2 heterocycles. The van der Waals surface area contributed by atoms with E-state index in [1.807, 2.05) is 33.8 Å². The lowest BCUT2D eigenvalue weighted by Crippen LogP contribution is -2.10. The minimum Gasteiger partial charge on any atom is -0.307 e. The molecule has 0 fully saturated rings. The van der Waals surface area contributed by atoms with Crippen LogP contribution in [-0.4, -0.2) is 9.13 Å². The van der Waals surface area contributed by atoms with Gasteiger partial charge >= 0.3 is 6.18 Å². The van der Waals surface area contributed by atoms with Gasteiger partial charge < -0.3 is 9.13 Å². The molecule has 49 heavy (non-hydrogen) atoms. The van der Waals surface area contributed by atoms with Crippen LogP contribution >= 0.6 is 0 Å². The molecule has 0 aliphatic heterocycles. The standard InChI is InChI=1S/C43H32F3N3/c1-24-9-13-31-32-14-10-25(2)18-37(32)48(36(31)17-24)40-22-29(41-28(5)7-6-8-35(41)43(44,45)46)21-30(23-47)42(40)49-38-19-26(3)11-15-33(38)34-16-12-27(4)20-39(34)49/h6-22H,1-5H3. The highest BCUT2D eigenvalue weighted by Crippen LogP contribution is 2.44. The number of nitriles is 1. The predicted molar refractivity (Wildman–Crippen MR) is 194 cm³/mol. The second-order valence-corrected chi connectivity index (χ2v) is 13.3. The summed E-state index contributed by atoms with van der Waals surface area (Å²) in [6.07, 6.45) is -4.59. The minimum absolute atomic E-state index is 0.0707. The van der Waals surface area contributed by atoms with Crippen LogP contribution in [0.4, 0.5) is 13.2 Å². The number of rotatable bonds is 3. The zero-order valence-electron chi connectivity index (χ0n) is 27.8. The highest BCUT2D eigenvalue weighted by molar-refractivity contribution is 6.12. The van der Waals surface area contributed by atoms with Crippen molar-refractivity contribution in [3.05, 3.63) is 142 Å². The quantitative estimate of drug-likeness (QED) is 0.188. The highest BCUT2D eigenvalue weighted by atomic mass is 19.4. The fourth-order valence-electron chi connectivity index (χ4n) is 7.52. The molecule has 8 aromatic rings. The number of alkyl halides is 3. The van der Waals surface area contributed by atoms with E-state index in [4.69, 9.17) is 0 Å². The van der Waals surface area contributed by atoms with Gasteiger partial charge in [-0.1, -0.05) is 60.7 Å². The Hall–Kier alpha value is -5.80. The fraction of sp³-hybridized carbons (Fsp3) is 0.140. The number of benzene rings is 6. The van der Waals surface area contributed by atoms with Crippen LogP contribution in [0.1, 0.15) is 38.9 Å². The molecule has 6 aromatic carbocycles. The van der Waals surface area contributed by atoms with Crippen LogP contribution in [0.5, 0.6) is 0 Å². The van der Waals surface area contributed by atoms with Crippen molar-refractivity contribution in [1.29, 1.82) is 5.26 Å².